The summed E-state index contributed by atoms with van der Waals surface area (Å²) < 4.78 is 0. The lowest BCUT2D eigenvalue weighted by Crippen LogP contribution is -2.23. The van der Waals surface area contributed by atoms with Gasteiger partial charge in [0.15, 0.2) is 0 Å². The first-order chi connectivity index (χ1) is 9.60. The van der Waals surface area contributed by atoms with Crippen molar-refractivity contribution in [1.29, 1.82) is 0 Å². The van der Waals surface area contributed by atoms with Gasteiger partial charge in [0.1, 0.15) is 0 Å². The summed E-state index contributed by atoms with van der Waals surface area (Å²) in [7, 11) is 0. The molecule has 0 spiro atoms. The molecule has 2 nitrogen and oxygen atoms in total. The minimum atomic E-state index is -0.576. The molecule has 2 rings (SSSR count). The molecule has 1 aromatic carbocycles. The molecule has 0 aliphatic heterocycles. The second-order valence-electron chi connectivity index (χ2n) is 4.72. The maximum absolute atomic E-state index is 10.5. The zero-order chi connectivity index (χ0) is 14.7. The van der Waals surface area contributed by atoms with Gasteiger partial charge >= 0.3 is 0 Å². The highest BCUT2D eigenvalue weighted by Crippen LogP contribution is 2.41. The maximum Gasteiger partial charge on any atom is 0.0848 e. The van der Waals surface area contributed by atoms with Crippen LogP contribution < -0.4 is 0 Å². The molecule has 4 heteroatoms. The van der Waals surface area contributed by atoms with Crippen LogP contribution in [-0.4, -0.2) is 22.8 Å². The van der Waals surface area contributed by atoms with Crippen LogP contribution in [0.4, 0.5) is 0 Å². The number of allylic oxidation sites excluding steroid dienone is 2. The fourth-order valence-corrected chi connectivity index (χ4v) is 3.88. The van der Waals surface area contributed by atoms with E-state index in [1.807, 2.05) is 31.2 Å². The van der Waals surface area contributed by atoms with Gasteiger partial charge < -0.3 is 5.11 Å². The van der Waals surface area contributed by atoms with E-state index in [9.17, 15) is 5.11 Å². The molecule has 1 aliphatic carbocycles. The monoisotopic (exact) mass is 397 g/mol. The average Bonchev–Trinajstić information content (AvgIpc) is 2.45. The SMILES string of the molecule is C=N/C1=C(\C=C/C)C(O)Cc2ccccc2C(Br)C1Br. The van der Waals surface area contributed by atoms with Crippen LogP contribution >= 0.6 is 31.9 Å². The van der Waals surface area contributed by atoms with Gasteiger partial charge in [-0.05, 0) is 24.8 Å². The van der Waals surface area contributed by atoms with Crippen molar-refractivity contribution in [3.05, 3.63) is 58.8 Å². The fourth-order valence-electron chi connectivity index (χ4n) is 2.49. The van der Waals surface area contributed by atoms with Gasteiger partial charge in [0.05, 0.1) is 21.5 Å². The standard InChI is InChI=1S/C16H17Br2NO/c1-3-6-12-13(20)9-10-7-4-5-8-11(10)14(17)15(18)16(12)19-2/h3-8,13-15,20H,2,9H2,1H3/b6-3-,16-12+. The van der Waals surface area contributed by atoms with E-state index in [4.69, 9.17) is 0 Å². The van der Waals surface area contributed by atoms with Crippen molar-refractivity contribution in [3.8, 4) is 0 Å². The van der Waals surface area contributed by atoms with Gasteiger partial charge in [0, 0.05) is 12.0 Å². The van der Waals surface area contributed by atoms with E-state index in [1.54, 1.807) is 0 Å². The smallest absolute Gasteiger partial charge is 0.0848 e. The van der Waals surface area contributed by atoms with E-state index in [0.717, 1.165) is 16.8 Å². The highest BCUT2D eigenvalue weighted by molar-refractivity contribution is 9.12. The van der Waals surface area contributed by atoms with Gasteiger partial charge in [0.25, 0.3) is 0 Å². The highest BCUT2D eigenvalue weighted by atomic mass is 79.9. The molecule has 0 radical (unpaired) electrons. The van der Waals surface area contributed by atoms with Crippen LogP contribution in [0.25, 0.3) is 0 Å². The van der Waals surface area contributed by atoms with Crippen molar-refractivity contribution >= 4 is 38.6 Å². The average molecular weight is 399 g/mol. The number of halogens is 2. The summed E-state index contributed by atoms with van der Waals surface area (Å²) in [6, 6.07) is 8.16. The Hall–Kier alpha value is -0.710. The molecule has 3 unspecified atom stereocenters. The Kier molecular flexibility index (Phi) is 5.35. The Labute approximate surface area is 136 Å². The van der Waals surface area contributed by atoms with E-state index in [1.165, 1.54) is 5.56 Å². The number of aliphatic imine (C=N–C) groups is 1. The van der Waals surface area contributed by atoms with E-state index in [0.29, 0.717) is 6.42 Å². The minimum absolute atomic E-state index is 0.0395. The van der Waals surface area contributed by atoms with Crippen LogP contribution in [0, 0.1) is 0 Å². The third-order valence-corrected chi connectivity index (χ3v) is 6.15. The van der Waals surface area contributed by atoms with Crippen LogP contribution in [-0.2, 0) is 6.42 Å². The Morgan fingerprint density at radius 2 is 2.00 bits per heavy atom. The summed E-state index contributed by atoms with van der Waals surface area (Å²) in [5.74, 6) is 0. The van der Waals surface area contributed by atoms with Crippen LogP contribution in [0.3, 0.4) is 0 Å². The molecule has 106 valence electrons. The number of aliphatic hydroxyl groups is 1. The first-order valence-electron chi connectivity index (χ1n) is 6.47. The highest BCUT2D eigenvalue weighted by Gasteiger charge is 2.30. The normalized spacial score (nSPS) is 30.7. The first-order valence-corrected chi connectivity index (χ1v) is 8.30. The number of rotatable bonds is 2. The number of aliphatic hydroxyl groups excluding tert-OH is 1. The molecule has 1 aliphatic rings. The predicted molar refractivity (Wildman–Crippen MR) is 91.9 cm³/mol. The third-order valence-electron chi connectivity index (χ3n) is 3.45. The summed E-state index contributed by atoms with van der Waals surface area (Å²) in [5, 5.41) is 10.5. The van der Waals surface area contributed by atoms with Gasteiger partial charge in [-0.2, -0.15) is 0 Å². The molecule has 0 heterocycles. The van der Waals surface area contributed by atoms with Crippen molar-refractivity contribution in [2.24, 2.45) is 4.99 Å². The lowest BCUT2D eigenvalue weighted by molar-refractivity contribution is 0.212. The molecule has 0 bridgehead atoms. The molecule has 1 aromatic rings. The van der Waals surface area contributed by atoms with Crippen LogP contribution in [0.5, 0.6) is 0 Å². The summed E-state index contributed by atoms with van der Waals surface area (Å²) >= 11 is 7.43. The summed E-state index contributed by atoms with van der Waals surface area (Å²) in [4.78, 5) is 4.20. The molecular weight excluding hydrogens is 382 g/mol. The zero-order valence-electron chi connectivity index (χ0n) is 11.3. The number of fused-ring (bicyclic) bond motifs is 1. The van der Waals surface area contributed by atoms with Crippen LogP contribution in [0.1, 0.15) is 22.9 Å². The van der Waals surface area contributed by atoms with Crippen molar-refractivity contribution in [2.75, 3.05) is 0 Å². The third kappa shape index (κ3) is 2.97. The Balaban J connectivity index is 2.60. The van der Waals surface area contributed by atoms with E-state index in [2.05, 4.69) is 55.7 Å². The van der Waals surface area contributed by atoms with Crippen LogP contribution in [0.15, 0.2) is 52.7 Å². The number of benzene rings is 1. The van der Waals surface area contributed by atoms with Gasteiger partial charge in [-0.1, -0.05) is 68.3 Å². The first kappa shape index (κ1) is 15.7. The summed E-state index contributed by atoms with van der Waals surface area (Å²) in [6.45, 7) is 5.59. The minimum Gasteiger partial charge on any atom is -0.388 e. The Morgan fingerprint density at radius 3 is 2.65 bits per heavy atom. The second-order valence-corrected chi connectivity index (χ2v) is 6.69. The molecule has 3 atom stereocenters. The molecule has 0 fully saturated rings. The predicted octanol–water partition coefficient (Wildman–Crippen LogP) is 4.33. The molecule has 0 saturated heterocycles. The Bertz CT molecular complexity index is 565. The Morgan fingerprint density at radius 1 is 1.30 bits per heavy atom. The van der Waals surface area contributed by atoms with E-state index in [-0.39, 0.29) is 9.65 Å². The zero-order valence-corrected chi connectivity index (χ0v) is 14.4. The van der Waals surface area contributed by atoms with Crippen LogP contribution in [0.2, 0.25) is 0 Å². The van der Waals surface area contributed by atoms with E-state index < -0.39 is 6.10 Å². The topological polar surface area (TPSA) is 32.6 Å². The molecule has 0 aromatic heterocycles. The van der Waals surface area contributed by atoms with Gasteiger partial charge in [-0.25, -0.2) is 0 Å². The lowest BCUT2D eigenvalue weighted by Gasteiger charge is -2.27. The molecule has 1 N–H and O–H groups in total. The quantitative estimate of drug-likeness (QED) is 0.583. The van der Waals surface area contributed by atoms with Crippen molar-refractivity contribution in [1.82, 2.24) is 0 Å². The summed E-state index contributed by atoms with van der Waals surface area (Å²) in [5.41, 5.74) is 3.93. The molecule has 0 saturated carbocycles. The second kappa shape index (κ2) is 6.83. The fraction of sp³-hybridized carbons (Fsp3) is 0.312. The number of alkyl halides is 2. The molecular formula is C16H17Br2NO. The molecule has 0 amide bonds. The maximum atomic E-state index is 10.5. The van der Waals surface area contributed by atoms with Crippen molar-refractivity contribution in [2.45, 2.75) is 29.1 Å². The summed E-state index contributed by atoms with van der Waals surface area (Å²) in [6.07, 6.45) is 3.83. The number of nitrogens with zero attached hydrogens (tertiary/aromatic N) is 1. The van der Waals surface area contributed by atoms with Gasteiger partial charge in [-0.3, -0.25) is 4.99 Å². The number of hydrogen-bond donors (Lipinski definition) is 1. The number of hydrogen-bond acceptors (Lipinski definition) is 2. The largest absolute Gasteiger partial charge is 0.388 e. The lowest BCUT2D eigenvalue weighted by atomic mass is 9.89. The van der Waals surface area contributed by atoms with E-state index >= 15 is 0 Å². The van der Waals surface area contributed by atoms with Gasteiger partial charge in [-0.15, -0.1) is 0 Å². The van der Waals surface area contributed by atoms with Gasteiger partial charge in [0.2, 0.25) is 0 Å². The van der Waals surface area contributed by atoms with Crippen molar-refractivity contribution in [3.63, 3.8) is 0 Å². The van der Waals surface area contributed by atoms with Crippen molar-refractivity contribution < 1.29 is 5.11 Å². The molecule has 20 heavy (non-hydrogen) atoms.